The van der Waals surface area contributed by atoms with Crippen molar-refractivity contribution in [1.82, 2.24) is 0 Å². The number of alkyl halides is 1. The molecule has 1 atom stereocenters. The Morgan fingerprint density at radius 2 is 2.20 bits per heavy atom. The van der Waals surface area contributed by atoms with Crippen LogP contribution in [0.2, 0.25) is 0 Å². The molecule has 1 nitrogen and oxygen atoms in total. The van der Waals surface area contributed by atoms with Gasteiger partial charge in [0, 0.05) is 5.33 Å². The van der Waals surface area contributed by atoms with Crippen molar-refractivity contribution in [1.29, 1.82) is 0 Å². The first kappa shape index (κ1) is 9.96. The maximum absolute atomic E-state index is 9.20. The molecule has 1 unspecified atom stereocenters. The standard InChI is InChI=1S/C8H13BrO/c1-7(2)8(10)5-3-4-6-9/h4-5,7-8,10H,6H2,1-2H3. The minimum atomic E-state index is -0.365. The first-order valence-corrected chi connectivity index (χ1v) is 4.45. The van der Waals surface area contributed by atoms with E-state index in [0.717, 1.165) is 5.33 Å². The first-order valence-electron chi connectivity index (χ1n) is 3.33. The van der Waals surface area contributed by atoms with Crippen LogP contribution in [0.1, 0.15) is 13.8 Å². The van der Waals surface area contributed by atoms with Crippen LogP contribution in [0.3, 0.4) is 0 Å². The average Bonchev–Trinajstić information content (AvgIpc) is 1.88. The molecule has 0 aliphatic rings. The van der Waals surface area contributed by atoms with E-state index < -0.39 is 0 Å². The lowest BCUT2D eigenvalue weighted by Crippen LogP contribution is -2.09. The zero-order valence-corrected chi connectivity index (χ0v) is 7.93. The van der Waals surface area contributed by atoms with E-state index in [1.807, 2.05) is 19.9 Å². The monoisotopic (exact) mass is 204 g/mol. The number of rotatable bonds is 3. The molecule has 0 radical (unpaired) electrons. The molecule has 0 amide bonds. The normalized spacial score (nSPS) is 12.5. The van der Waals surface area contributed by atoms with Crippen molar-refractivity contribution < 1.29 is 5.11 Å². The quantitative estimate of drug-likeness (QED) is 0.552. The molecule has 0 fully saturated rings. The van der Waals surface area contributed by atoms with Crippen LogP contribution >= 0.6 is 15.9 Å². The SMILES string of the molecule is CC(C)C(O)C=C=CCBr. The summed E-state index contributed by atoms with van der Waals surface area (Å²) in [5.74, 6) is 0.274. The Morgan fingerprint density at radius 1 is 1.60 bits per heavy atom. The second-order valence-electron chi connectivity index (χ2n) is 2.43. The Bertz CT molecular complexity index is 134. The molecular formula is C8H13BrO. The van der Waals surface area contributed by atoms with Crippen molar-refractivity contribution in [2.45, 2.75) is 20.0 Å². The van der Waals surface area contributed by atoms with Gasteiger partial charge in [-0.3, -0.25) is 0 Å². The molecular weight excluding hydrogens is 192 g/mol. The molecule has 0 aliphatic carbocycles. The van der Waals surface area contributed by atoms with Crippen molar-refractivity contribution in [3.63, 3.8) is 0 Å². The molecule has 0 aromatic heterocycles. The van der Waals surface area contributed by atoms with E-state index in [-0.39, 0.29) is 12.0 Å². The van der Waals surface area contributed by atoms with Crippen LogP contribution in [0, 0.1) is 5.92 Å². The van der Waals surface area contributed by atoms with Gasteiger partial charge in [0.1, 0.15) is 0 Å². The van der Waals surface area contributed by atoms with Crippen molar-refractivity contribution >= 4 is 15.9 Å². The summed E-state index contributed by atoms with van der Waals surface area (Å²) >= 11 is 3.22. The predicted octanol–water partition coefficient (Wildman–Crippen LogP) is 2.11. The first-order chi connectivity index (χ1) is 4.68. The predicted molar refractivity (Wildman–Crippen MR) is 47.3 cm³/mol. The summed E-state index contributed by atoms with van der Waals surface area (Å²) in [5, 5.41) is 9.99. The topological polar surface area (TPSA) is 20.2 Å². The van der Waals surface area contributed by atoms with Crippen LogP contribution in [-0.4, -0.2) is 16.5 Å². The molecule has 0 aliphatic heterocycles. The Kier molecular flexibility index (Phi) is 5.70. The second-order valence-corrected chi connectivity index (χ2v) is 3.07. The molecule has 0 spiro atoms. The second kappa shape index (κ2) is 5.72. The molecule has 1 N–H and O–H groups in total. The highest BCUT2D eigenvalue weighted by atomic mass is 79.9. The summed E-state index contributed by atoms with van der Waals surface area (Å²) in [7, 11) is 0. The van der Waals surface area contributed by atoms with Gasteiger partial charge < -0.3 is 5.11 Å². The van der Waals surface area contributed by atoms with Gasteiger partial charge in [-0.05, 0) is 18.1 Å². The van der Waals surface area contributed by atoms with E-state index >= 15 is 0 Å². The number of hydrogen-bond donors (Lipinski definition) is 1. The van der Waals surface area contributed by atoms with Gasteiger partial charge in [-0.1, -0.05) is 29.8 Å². The average molecular weight is 205 g/mol. The Hall–Kier alpha value is -0.0400. The summed E-state index contributed by atoms with van der Waals surface area (Å²) in [6.45, 7) is 3.94. The third-order valence-electron chi connectivity index (χ3n) is 1.15. The highest BCUT2D eigenvalue weighted by molar-refractivity contribution is 9.09. The van der Waals surface area contributed by atoms with Crippen LogP contribution in [0.4, 0.5) is 0 Å². The van der Waals surface area contributed by atoms with Crippen LogP contribution in [-0.2, 0) is 0 Å². The van der Waals surface area contributed by atoms with Gasteiger partial charge >= 0.3 is 0 Å². The smallest absolute Gasteiger partial charge is 0.0817 e. The van der Waals surface area contributed by atoms with Crippen LogP contribution in [0.25, 0.3) is 0 Å². The lowest BCUT2D eigenvalue weighted by molar-refractivity contribution is 0.172. The van der Waals surface area contributed by atoms with Gasteiger partial charge in [0.25, 0.3) is 0 Å². The highest BCUT2D eigenvalue weighted by Crippen LogP contribution is 2.00. The lowest BCUT2D eigenvalue weighted by Gasteiger charge is -2.06. The molecule has 0 rings (SSSR count). The van der Waals surface area contributed by atoms with E-state index in [2.05, 4.69) is 21.7 Å². The molecule has 2 heteroatoms. The largest absolute Gasteiger partial charge is 0.388 e. The molecule has 10 heavy (non-hydrogen) atoms. The molecule has 0 heterocycles. The highest BCUT2D eigenvalue weighted by Gasteiger charge is 2.02. The van der Waals surface area contributed by atoms with E-state index in [4.69, 9.17) is 0 Å². The van der Waals surface area contributed by atoms with Crippen LogP contribution in [0.15, 0.2) is 17.9 Å². The fourth-order valence-corrected chi connectivity index (χ4v) is 0.591. The fraction of sp³-hybridized carbons (Fsp3) is 0.625. The number of hydrogen-bond acceptors (Lipinski definition) is 1. The number of halogens is 1. The molecule has 0 saturated heterocycles. The van der Waals surface area contributed by atoms with Crippen LogP contribution < -0.4 is 0 Å². The molecule has 0 bridgehead atoms. The van der Waals surface area contributed by atoms with Gasteiger partial charge in [-0.2, -0.15) is 0 Å². The molecule has 58 valence electrons. The van der Waals surface area contributed by atoms with Gasteiger partial charge in [0.05, 0.1) is 6.10 Å². The van der Waals surface area contributed by atoms with Gasteiger partial charge in [0.15, 0.2) is 0 Å². The lowest BCUT2D eigenvalue weighted by atomic mass is 10.1. The summed E-state index contributed by atoms with van der Waals surface area (Å²) in [6.07, 6.45) is 3.13. The summed E-state index contributed by atoms with van der Waals surface area (Å²) in [6, 6.07) is 0. The fourth-order valence-electron chi connectivity index (χ4n) is 0.404. The van der Waals surface area contributed by atoms with E-state index in [1.165, 1.54) is 0 Å². The Balaban J connectivity index is 3.77. The van der Waals surface area contributed by atoms with E-state index in [1.54, 1.807) is 6.08 Å². The summed E-state index contributed by atoms with van der Waals surface area (Å²) in [5.41, 5.74) is 2.87. The van der Waals surface area contributed by atoms with Gasteiger partial charge in [0.2, 0.25) is 0 Å². The van der Waals surface area contributed by atoms with E-state index in [9.17, 15) is 5.11 Å². The minimum Gasteiger partial charge on any atom is -0.388 e. The molecule has 0 saturated carbocycles. The zero-order valence-electron chi connectivity index (χ0n) is 6.34. The maximum atomic E-state index is 9.20. The summed E-state index contributed by atoms with van der Waals surface area (Å²) in [4.78, 5) is 0. The van der Waals surface area contributed by atoms with Crippen molar-refractivity contribution in [2.75, 3.05) is 5.33 Å². The van der Waals surface area contributed by atoms with Gasteiger partial charge in [-0.25, -0.2) is 0 Å². The third-order valence-corrected chi connectivity index (χ3v) is 1.47. The maximum Gasteiger partial charge on any atom is 0.0817 e. The van der Waals surface area contributed by atoms with Crippen molar-refractivity contribution in [3.8, 4) is 0 Å². The molecule has 0 aromatic carbocycles. The van der Waals surface area contributed by atoms with Crippen molar-refractivity contribution in [3.05, 3.63) is 17.9 Å². The number of aliphatic hydroxyl groups excluding tert-OH is 1. The summed E-state index contributed by atoms with van der Waals surface area (Å²) < 4.78 is 0. The van der Waals surface area contributed by atoms with Crippen LogP contribution in [0.5, 0.6) is 0 Å². The van der Waals surface area contributed by atoms with Crippen molar-refractivity contribution in [2.24, 2.45) is 5.92 Å². The Labute approximate surface area is 70.6 Å². The molecule has 0 aromatic rings. The Morgan fingerprint density at radius 3 is 2.60 bits per heavy atom. The van der Waals surface area contributed by atoms with E-state index in [0.29, 0.717) is 0 Å². The third kappa shape index (κ3) is 4.80. The van der Waals surface area contributed by atoms with Gasteiger partial charge in [-0.15, -0.1) is 5.73 Å². The number of aliphatic hydroxyl groups is 1. The zero-order chi connectivity index (χ0) is 7.98. The minimum absolute atomic E-state index is 0.274.